The second-order valence-corrected chi connectivity index (χ2v) is 4.31. The van der Waals surface area contributed by atoms with E-state index in [2.05, 4.69) is 25.9 Å². The van der Waals surface area contributed by atoms with Gasteiger partial charge < -0.3 is 10.0 Å². The van der Waals surface area contributed by atoms with Crippen LogP contribution in [0, 0.1) is 0 Å². The van der Waals surface area contributed by atoms with Gasteiger partial charge in [-0.05, 0) is 28.8 Å². The lowest BCUT2D eigenvalue weighted by Crippen LogP contribution is -2.36. The first-order valence-electron chi connectivity index (χ1n) is 4.65. The van der Waals surface area contributed by atoms with Crippen molar-refractivity contribution in [1.82, 2.24) is 9.97 Å². The van der Waals surface area contributed by atoms with Crippen LogP contribution in [-0.2, 0) is 4.79 Å². The Morgan fingerprint density at radius 1 is 1.53 bits per heavy atom. The lowest BCUT2D eigenvalue weighted by molar-refractivity contribution is -0.138. The molecule has 0 bridgehead atoms. The van der Waals surface area contributed by atoms with Crippen molar-refractivity contribution in [3.05, 3.63) is 16.9 Å². The molecule has 80 valence electrons. The van der Waals surface area contributed by atoms with E-state index >= 15 is 0 Å². The summed E-state index contributed by atoms with van der Waals surface area (Å²) in [7, 11) is 0. The van der Waals surface area contributed by atoms with Crippen LogP contribution in [-0.4, -0.2) is 33.6 Å². The van der Waals surface area contributed by atoms with Gasteiger partial charge in [0.15, 0.2) is 0 Å². The van der Waals surface area contributed by atoms with Gasteiger partial charge in [0, 0.05) is 18.9 Å². The molecule has 1 unspecified atom stereocenters. The molecule has 1 aromatic rings. The fourth-order valence-corrected chi connectivity index (χ4v) is 1.92. The van der Waals surface area contributed by atoms with E-state index in [0.717, 1.165) is 10.9 Å². The standard InChI is InChI=1S/C9H10BrN3O2/c10-6-4-11-9(12-5-6)13-3-1-2-7(13)8(14)15/h4-5,7H,1-3H2,(H,14,15). The van der Waals surface area contributed by atoms with Gasteiger partial charge in [0.2, 0.25) is 5.95 Å². The fraction of sp³-hybridized carbons (Fsp3) is 0.444. The molecule has 2 rings (SSSR count). The van der Waals surface area contributed by atoms with Crippen molar-refractivity contribution in [2.24, 2.45) is 0 Å². The number of carboxylic acids is 1. The molecule has 0 amide bonds. The van der Waals surface area contributed by atoms with Gasteiger partial charge in [-0.2, -0.15) is 0 Å². The molecule has 0 aromatic carbocycles. The number of carboxylic acid groups (broad SMARTS) is 1. The van der Waals surface area contributed by atoms with Gasteiger partial charge in [0.05, 0.1) is 4.47 Å². The molecular weight excluding hydrogens is 262 g/mol. The topological polar surface area (TPSA) is 66.3 Å². The molecule has 6 heteroatoms. The van der Waals surface area contributed by atoms with E-state index < -0.39 is 12.0 Å². The Labute approximate surface area is 95.3 Å². The lowest BCUT2D eigenvalue weighted by Gasteiger charge is -2.20. The first-order valence-corrected chi connectivity index (χ1v) is 5.45. The van der Waals surface area contributed by atoms with Crippen LogP contribution in [0.25, 0.3) is 0 Å². The molecule has 0 aliphatic carbocycles. The second kappa shape index (κ2) is 4.14. The maximum absolute atomic E-state index is 10.9. The van der Waals surface area contributed by atoms with Gasteiger partial charge in [-0.15, -0.1) is 0 Å². The van der Waals surface area contributed by atoms with Gasteiger partial charge in [-0.1, -0.05) is 0 Å². The average Bonchev–Trinajstić information content (AvgIpc) is 2.67. The van der Waals surface area contributed by atoms with Crippen LogP contribution in [0.15, 0.2) is 16.9 Å². The highest BCUT2D eigenvalue weighted by Crippen LogP contribution is 2.22. The molecule has 0 saturated carbocycles. The smallest absolute Gasteiger partial charge is 0.326 e. The van der Waals surface area contributed by atoms with Gasteiger partial charge in [0.1, 0.15) is 6.04 Å². The molecule has 1 fully saturated rings. The molecule has 1 atom stereocenters. The lowest BCUT2D eigenvalue weighted by atomic mass is 10.2. The fourth-order valence-electron chi connectivity index (χ4n) is 1.72. The number of nitrogens with zero attached hydrogens (tertiary/aromatic N) is 3. The summed E-state index contributed by atoms with van der Waals surface area (Å²) in [5.41, 5.74) is 0. The van der Waals surface area contributed by atoms with Crippen molar-refractivity contribution in [1.29, 1.82) is 0 Å². The Morgan fingerprint density at radius 2 is 2.20 bits per heavy atom. The van der Waals surface area contributed by atoms with Crippen molar-refractivity contribution >= 4 is 27.8 Å². The Bertz CT molecular complexity index is 368. The summed E-state index contributed by atoms with van der Waals surface area (Å²) >= 11 is 3.24. The van der Waals surface area contributed by atoms with Gasteiger partial charge in [0.25, 0.3) is 0 Å². The van der Waals surface area contributed by atoms with Gasteiger partial charge in [-0.25, -0.2) is 14.8 Å². The van der Waals surface area contributed by atoms with Crippen molar-refractivity contribution in [2.75, 3.05) is 11.4 Å². The highest BCUT2D eigenvalue weighted by Gasteiger charge is 2.31. The molecular formula is C9H10BrN3O2. The van der Waals surface area contributed by atoms with Gasteiger partial charge >= 0.3 is 5.97 Å². The third-order valence-corrected chi connectivity index (χ3v) is 2.81. The largest absolute Gasteiger partial charge is 0.480 e. The van der Waals surface area contributed by atoms with Crippen LogP contribution in [0.3, 0.4) is 0 Å². The number of halogens is 1. The summed E-state index contributed by atoms with van der Waals surface area (Å²) in [6.07, 6.45) is 4.78. The predicted octanol–water partition coefficient (Wildman–Crippen LogP) is 1.29. The van der Waals surface area contributed by atoms with Crippen LogP contribution in [0.2, 0.25) is 0 Å². The van der Waals surface area contributed by atoms with E-state index in [4.69, 9.17) is 5.11 Å². The van der Waals surface area contributed by atoms with E-state index in [0.29, 0.717) is 18.9 Å². The summed E-state index contributed by atoms with van der Waals surface area (Å²) in [5, 5.41) is 8.99. The molecule has 0 radical (unpaired) electrons. The summed E-state index contributed by atoms with van der Waals surface area (Å²) in [6.45, 7) is 0.707. The number of hydrogen-bond donors (Lipinski definition) is 1. The maximum Gasteiger partial charge on any atom is 0.326 e. The van der Waals surface area contributed by atoms with Crippen molar-refractivity contribution < 1.29 is 9.90 Å². The number of rotatable bonds is 2. The minimum absolute atomic E-state index is 0.480. The highest BCUT2D eigenvalue weighted by atomic mass is 79.9. The number of anilines is 1. The van der Waals surface area contributed by atoms with Crippen molar-refractivity contribution in [3.63, 3.8) is 0 Å². The van der Waals surface area contributed by atoms with E-state index in [1.807, 2.05) is 0 Å². The van der Waals surface area contributed by atoms with Crippen LogP contribution >= 0.6 is 15.9 Å². The molecule has 2 heterocycles. The number of hydrogen-bond acceptors (Lipinski definition) is 4. The monoisotopic (exact) mass is 271 g/mol. The highest BCUT2D eigenvalue weighted by molar-refractivity contribution is 9.10. The minimum atomic E-state index is -0.806. The summed E-state index contributed by atoms with van der Waals surface area (Å²) < 4.78 is 0.789. The zero-order chi connectivity index (χ0) is 10.8. The first kappa shape index (κ1) is 10.4. The Hall–Kier alpha value is -1.17. The molecule has 1 N–H and O–H groups in total. The Kier molecular flexibility index (Phi) is 2.86. The third kappa shape index (κ3) is 2.09. The third-order valence-electron chi connectivity index (χ3n) is 2.40. The molecule has 15 heavy (non-hydrogen) atoms. The average molecular weight is 272 g/mol. The molecule has 5 nitrogen and oxygen atoms in total. The number of carbonyl (C=O) groups is 1. The summed E-state index contributed by atoms with van der Waals surface area (Å²) in [4.78, 5) is 20.9. The number of aliphatic carboxylic acids is 1. The quantitative estimate of drug-likeness (QED) is 0.878. The zero-order valence-electron chi connectivity index (χ0n) is 7.93. The SMILES string of the molecule is O=C(O)C1CCCN1c1ncc(Br)cn1. The van der Waals surface area contributed by atoms with Crippen LogP contribution in [0.4, 0.5) is 5.95 Å². The van der Waals surface area contributed by atoms with Crippen molar-refractivity contribution in [2.45, 2.75) is 18.9 Å². The summed E-state index contributed by atoms with van der Waals surface area (Å²) in [6, 6.07) is -0.480. The molecule has 1 aliphatic heterocycles. The van der Waals surface area contributed by atoms with Crippen molar-refractivity contribution in [3.8, 4) is 0 Å². The van der Waals surface area contributed by atoms with Crippen LogP contribution in [0.1, 0.15) is 12.8 Å². The Morgan fingerprint density at radius 3 is 2.80 bits per heavy atom. The molecule has 1 aromatic heterocycles. The molecule has 1 saturated heterocycles. The zero-order valence-corrected chi connectivity index (χ0v) is 9.51. The normalized spacial score (nSPS) is 20.6. The van der Waals surface area contributed by atoms with Crippen LogP contribution < -0.4 is 4.90 Å². The molecule has 1 aliphatic rings. The maximum atomic E-state index is 10.9. The van der Waals surface area contributed by atoms with E-state index in [1.165, 1.54) is 0 Å². The summed E-state index contributed by atoms with van der Waals surface area (Å²) in [5.74, 6) is -0.317. The first-order chi connectivity index (χ1) is 7.18. The van der Waals surface area contributed by atoms with E-state index in [9.17, 15) is 4.79 Å². The van der Waals surface area contributed by atoms with Gasteiger partial charge in [-0.3, -0.25) is 0 Å². The van der Waals surface area contributed by atoms with E-state index in [-0.39, 0.29) is 0 Å². The number of aromatic nitrogens is 2. The minimum Gasteiger partial charge on any atom is -0.480 e. The molecule has 0 spiro atoms. The van der Waals surface area contributed by atoms with E-state index in [1.54, 1.807) is 17.3 Å². The predicted molar refractivity (Wildman–Crippen MR) is 57.7 cm³/mol. The Balaban J connectivity index is 2.22. The second-order valence-electron chi connectivity index (χ2n) is 3.39. The van der Waals surface area contributed by atoms with Crippen LogP contribution in [0.5, 0.6) is 0 Å².